The average Bonchev–Trinajstić information content (AvgIpc) is 3.16. The summed E-state index contributed by atoms with van der Waals surface area (Å²) in [7, 11) is -3.09. The number of nitrogens with zero attached hydrogens (tertiary/aromatic N) is 3. The summed E-state index contributed by atoms with van der Waals surface area (Å²) >= 11 is 0. The van der Waals surface area contributed by atoms with Crippen LogP contribution < -0.4 is 14.9 Å². The van der Waals surface area contributed by atoms with Crippen LogP contribution in [0.3, 0.4) is 0 Å². The number of morpholine rings is 1. The SMILES string of the molecule is CC(C)c1ccc(N2CCOCC2)c(C(C)C)c1NC(=O)NS(=O)(=O)c1cc(C(=O)O)n(C)n1. The van der Waals surface area contributed by atoms with E-state index in [9.17, 15) is 18.0 Å². The van der Waals surface area contributed by atoms with Crippen molar-refractivity contribution >= 4 is 33.4 Å². The van der Waals surface area contributed by atoms with Gasteiger partial charge in [0.25, 0.3) is 10.0 Å². The first-order chi connectivity index (χ1) is 15.9. The van der Waals surface area contributed by atoms with Gasteiger partial charge >= 0.3 is 12.0 Å². The van der Waals surface area contributed by atoms with E-state index >= 15 is 0 Å². The molecule has 1 fully saturated rings. The van der Waals surface area contributed by atoms with E-state index in [-0.39, 0.29) is 17.5 Å². The highest BCUT2D eigenvalue weighted by atomic mass is 32.2. The Morgan fingerprint density at radius 3 is 2.29 bits per heavy atom. The molecule has 11 nitrogen and oxygen atoms in total. The number of rotatable bonds is 7. The monoisotopic (exact) mass is 493 g/mol. The lowest BCUT2D eigenvalue weighted by Gasteiger charge is -2.33. The number of amides is 2. The molecule has 186 valence electrons. The zero-order chi connectivity index (χ0) is 25.2. The largest absolute Gasteiger partial charge is 0.477 e. The molecule has 34 heavy (non-hydrogen) atoms. The number of aromatic carboxylic acids is 1. The van der Waals surface area contributed by atoms with Crippen molar-refractivity contribution in [3.05, 3.63) is 35.0 Å². The van der Waals surface area contributed by atoms with Gasteiger partial charge in [0.05, 0.1) is 18.9 Å². The van der Waals surface area contributed by atoms with Crippen molar-refractivity contribution in [3.63, 3.8) is 0 Å². The van der Waals surface area contributed by atoms with Gasteiger partial charge in [-0.3, -0.25) is 4.68 Å². The molecule has 1 aliphatic heterocycles. The fraction of sp³-hybridized carbons (Fsp3) is 0.500. The van der Waals surface area contributed by atoms with Gasteiger partial charge in [-0.25, -0.2) is 14.3 Å². The molecule has 3 N–H and O–H groups in total. The topological polar surface area (TPSA) is 143 Å². The lowest BCUT2D eigenvalue weighted by molar-refractivity contribution is 0.0685. The minimum absolute atomic E-state index is 0.0392. The number of carboxylic acids is 1. The molecular weight excluding hydrogens is 462 g/mol. The van der Waals surface area contributed by atoms with Crippen molar-refractivity contribution < 1.29 is 27.9 Å². The normalized spacial score (nSPS) is 14.5. The summed E-state index contributed by atoms with van der Waals surface area (Å²) in [4.78, 5) is 26.3. The minimum Gasteiger partial charge on any atom is -0.477 e. The Morgan fingerprint density at radius 1 is 1.12 bits per heavy atom. The van der Waals surface area contributed by atoms with Crippen molar-refractivity contribution in [1.29, 1.82) is 0 Å². The van der Waals surface area contributed by atoms with E-state index < -0.39 is 27.0 Å². The second kappa shape index (κ2) is 10.0. The third kappa shape index (κ3) is 5.33. The maximum atomic E-state index is 12.9. The number of aryl methyl sites for hydroxylation is 1. The first-order valence-electron chi connectivity index (χ1n) is 11.0. The molecule has 0 saturated carbocycles. The molecule has 1 aliphatic rings. The molecule has 0 aliphatic carbocycles. The zero-order valence-corrected chi connectivity index (χ0v) is 20.8. The van der Waals surface area contributed by atoms with Crippen LogP contribution in [0.25, 0.3) is 0 Å². The van der Waals surface area contributed by atoms with Gasteiger partial charge in [-0.05, 0) is 23.5 Å². The summed E-state index contributed by atoms with van der Waals surface area (Å²) in [5.74, 6) is -1.22. The Hall–Kier alpha value is -3.12. The minimum atomic E-state index is -4.40. The highest BCUT2D eigenvalue weighted by Gasteiger charge is 2.27. The second-order valence-electron chi connectivity index (χ2n) is 8.73. The van der Waals surface area contributed by atoms with Gasteiger partial charge in [0, 0.05) is 37.5 Å². The van der Waals surface area contributed by atoms with Gasteiger partial charge in [-0.15, -0.1) is 0 Å². The average molecular weight is 494 g/mol. The number of nitrogens with one attached hydrogen (secondary N) is 2. The quantitative estimate of drug-likeness (QED) is 0.534. The van der Waals surface area contributed by atoms with Crippen LogP contribution in [0.4, 0.5) is 16.2 Å². The van der Waals surface area contributed by atoms with Crippen LogP contribution in [0.1, 0.15) is 61.1 Å². The highest BCUT2D eigenvalue weighted by molar-refractivity contribution is 7.90. The molecule has 0 radical (unpaired) electrons. The van der Waals surface area contributed by atoms with E-state index in [2.05, 4.69) is 15.3 Å². The molecule has 2 aromatic rings. The molecular formula is C22H31N5O6S. The second-order valence-corrected chi connectivity index (χ2v) is 10.4. The van der Waals surface area contributed by atoms with Crippen LogP contribution in [0, 0.1) is 0 Å². The third-order valence-corrected chi connectivity index (χ3v) is 6.83. The van der Waals surface area contributed by atoms with E-state index in [0.717, 1.165) is 27.6 Å². The van der Waals surface area contributed by atoms with E-state index in [1.807, 2.05) is 44.5 Å². The number of benzene rings is 1. The first kappa shape index (κ1) is 25.5. The summed E-state index contributed by atoms with van der Waals surface area (Å²) in [5, 5.41) is 15.1. The van der Waals surface area contributed by atoms with Gasteiger partial charge in [0.2, 0.25) is 0 Å². The molecule has 0 bridgehead atoms. The van der Waals surface area contributed by atoms with Crippen molar-refractivity contribution in [2.75, 3.05) is 36.5 Å². The standard InChI is InChI=1S/C22H31N5O6S/c1-13(2)15-6-7-16(27-8-10-33-11-9-27)19(14(3)4)20(15)23-22(30)25-34(31,32)18-12-17(21(28)29)26(5)24-18/h6-7,12-14H,8-11H2,1-5H3,(H,28,29)(H2,23,25,30). The third-order valence-electron chi connectivity index (χ3n) is 5.62. The lowest BCUT2D eigenvalue weighted by Crippen LogP contribution is -2.38. The molecule has 3 rings (SSSR count). The fourth-order valence-corrected chi connectivity index (χ4v) is 4.89. The number of carbonyl (C=O) groups is 2. The van der Waals surface area contributed by atoms with Crippen LogP contribution in [-0.4, -0.2) is 61.6 Å². The summed E-state index contributed by atoms with van der Waals surface area (Å²) in [6, 6.07) is 3.93. The van der Waals surface area contributed by atoms with E-state index in [1.54, 1.807) is 0 Å². The molecule has 1 saturated heterocycles. The van der Waals surface area contributed by atoms with Crippen LogP contribution in [0.5, 0.6) is 0 Å². The Kier molecular flexibility index (Phi) is 7.51. The number of ether oxygens (including phenoxy) is 1. The van der Waals surface area contributed by atoms with E-state index in [0.29, 0.717) is 32.0 Å². The van der Waals surface area contributed by atoms with Crippen LogP contribution in [0.15, 0.2) is 23.2 Å². The molecule has 1 aromatic carbocycles. The van der Waals surface area contributed by atoms with Crippen molar-refractivity contribution in [2.45, 2.75) is 44.6 Å². The first-order valence-corrected chi connectivity index (χ1v) is 12.5. The molecule has 0 unspecified atom stereocenters. The van der Waals surface area contributed by atoms with Gasteiger partial charge in [0.1, 0.15) is 5.69 Å². The predicted octanol–water partition coefficient (Wildman–Crippen LogP) is 2.71. The molecule has 12 heteroatoms. The summed E-state index contributed by atoms with van der Waals surface area (Å²) < 4.78 is 33.8. The summed E-state index contributed by atoms with van der Waals surface area (Å²) in [5.41, 5.74) is 3.00. The number of carbonyl (C=O) groups excluding carboxylic acids is 1. The number of hydrogen-bond donors (Lipinski definition) is 3. The Morgan fingerprint density at radius 2 is 1.76 bits per heavy atom. The Balaban J connectivity index is 1.96. The van der Waals surface area contributed by atoms with Crippen molar-refractivity contribution in [2.24, 2.45) is 7.05 Å². The zero-order valence-electron chi connectivity index (χ0n) is 20.0. The molecule has 1 aromatic heterocycles. The smallest absolute Gasteiger partial charge is 0.354 e. The van der Waals surface area contributed by atoms with E-state index in [4.69, 9.17) is 9.84 Å². The number of aromatic nitrogens is 2. The Labute approximate surface area is 199 Å². The maximum absolute atomic E-state index is 12.9. The van der Waals surface area contributed by atoms with Gasteiger partial charge in [-0.2, -0.15) is 13.5 Å². The van der Waals surface area contributed by atoms with Crippen LogP contribution >= 0.6 is 0 Å². The fourth-order valence-electron chi connectivity index (χ4n) is 4.00. The predicted molar refractivity (Wildman–Crippen MR) is 127 cm³/mol. The molecule has 0 atom stereocenters. The number of urea groups is 1. The number of sulfonamides is 1. The van der Waals surface area contributed by atoms with Crippen molar-refractivity contribution in [1.82, 2.24) is 14.5 Å². The number of hydrogen-bond acceptors (Lipinski definition) is 7. The summed E-state index contributed by atoms with van der Waals surface area (Å²) in [6.45, 7) is 10.7. The van der Waals surface area contributed by atoms with Gasteiger partial charge < -0.3 is 20.1 Å². The number of anilines is 2. The highest BCUT2D eigenvalue weighted by Crippen LogP contribution is 2.39. The molecule has 0 spiro atoms. The lowest BCUT2D eigenvalue weighted by atomic mass is 9.90. The van der Waals surface area contributed by atoms with Crippen LogP contribution in [-0.2, 0) is 21.8 Å². The Bertz CT molecular complexity index is 1180. The maximum Gasteiger partial charge on any atom is 0.354 e. The molecule has 2 amide bonds. The van der Waals surface area contributed by atoms with Gasteiger partial charge in [-0.1, -0.05) is 33.8 Å². The van der Waals surface area contributed by atoms with E-state index in [1.165, 1.54) is 7.05 Å². The number of carboxylic acid groups (broad SMARTS) is 1. The molecule has 2 heterocycles. The van der Waals surface area contributed by atoms with Gasteiger partial charge in [0.15, 0.2) is 5.03 Å². The van der Waals surface area contributed by atoms with Crippen LogP contribution in [0.2, 0.25) is 0 Å². The van der Waals surface area contributed by atoms with Crippen molar-refractivity contribution in [3.8, 4) is 0 Å². The summed E-state index contributed by atoms with van der Waals surface area (Å²) in [6.07, 6.45) is 0.